The van der Waals surface area contributed by atoms with Gasteiger partial charge in [0.2, 0.25) is 0 Å². The summed E-state index contributed by atoms with van der Waals surface area (Å²) in [6.45, 7) is 6.71. The SMILES string of the molecule is CCOC(=O)c1sc(COc2ccccc2OCC)nc1C. The minimum Gasteiger partial charge on any atom is -0.490 e. The van der Waals surface area contributed by atoms with E-state index in [-0.39, 0.29) is 12.6 Å². The van der Waals surface area contributed by atoms with Gasteiger partial charge in [-0.3, -0.25) is 0 Å². The molecule has 1 aromatic carbocycles. The summed E-state index contributed by atoms with van der Waals surface area (Å²) in [6, 6.07) is 7.48. The Balaban J connectivity index is 2.06. The van der Waals surface area contributed by atoms with Crippen LogP contribution in [0, 0.1) is 6.92 Å². The minimum absolute atomic E-state index is 0.287. The van der Waals surface area contributed by atoms with Gasteiger partial charge in [0, 0.05) is 0 Å². The van der Waals surface area contributed by atoms with Crippen LogP contribution >= 0.6 is 11.3 Å². The second kappa shape index (κ2) is 7.79. The van der Waals surface area contributed by atoms with Crippen LogP contribution in [0.2, 0.25) is 0 Å². The van der Waals surface area contributed by atoms with E-state index >= 15 is 0 Å². The lowest BCUT2D eigenvalue weighted by Crippen LogP contribution is -2.03. The lowest BCUT2D eigenvalue weighted by Gasteiger charge is -2.10. The molecule has 0 aliphatic rings. The maximum Gasteiger partial charge on any atom is 0.350 e. The Labute approximate surface area is 133 Å². The van der Waals surface area contributed by atoms with E-state index in [2.05, 4.69) is 4.98 Å². The van der Waals surface area contributed by atoms with Crippen molar-refractivity contribution in [1.82, 2.24) is 4.98 Å². The minimum atomic E-state index is -0.335. The van der Waals surface area contributed by atoms with Gasteiger partial charge in [0.25, 0.3) is 0 Å². The first-order chi connectivity index (χ1) is 10.7. The standard InChI is InChI=1S/C16H19NO4S/c1-4-19-12-8-6-7-9-13(12)21-10-14-17-11(3)15(22-14)16(18)20-5-2/h6-9H,4-5,10H2,1-3H3. The Hall–Kier alpha value is -2.08. The molecule has 2 rings (SSSR count). The monoisotopic (exact) mass is 321 g/mol. The lowest BCUT2D eigenvalue weighted by atomic mass is 10.3. The zero-order valence-electron chi connectivity index (χ0n) is 12.9. The molecule has 0 spiro atoms. The van der Waals surface area contributed by atoms with E-state index < -0.39 is 0 Å². The fraction of sp³-hybridized carbons (Fsp3) is 0.375. The molecule has 118 valence electrons. The molecule has 1 aromatic heterocycles. The third-order valence-electron chi connectivity index (χ3n) is 2.80. The molecule has 0 saturated heterocycles. The number of aryl methyl sites for hydroxylation is 1. The molecule has 6 heteroatoms. The fourth-order valence-corrected chi connectivity index (χ4v) is 2.76. The summed E-state index contributed by atoms with van der Waals surface area (Å²) in [5.74, 6) is 1.03. The Morgan fingerprint density at radius 3 is 2.45 bits per heavy atom. The number of carbonyl (C=O) groups is 1. The van der Waals surface area contributed by atoms with Crippen molar-refractivity contribution < 1.29 is 19.0 Å². The van der Waals surface area contributed by atoms with Crippen molar-refractivity contribution in [2.24, 2.45) is 0 Å². The number of hydrogen-bond donors (Lipinski definition) is 0. The van der Waals surface area contributed by atoms with Crippen molar-refractivity contribution in [3.05, 3.63) is 39.8 Å². The first kappa shape index (κ1) is 16.3. The maximum atomic E-state index is 11.8. The van der Waals surface area contributed by atoms with Crippen LogP contribution in [0.1, 0.15) is 34.2 Å². The highest BCUT2D eigenvalue weighted by Gasteiger charge is 2.16. The second-order valence-electron chi connectivity index (χ2n) is 4.41. The predicted molar refractivity (Wildman–Crippen MR) is 84.8 cm³/mol. The van der Waals surface area contributed by atoms with Crippen molar-refractivity contribution in [3.8, 4) is 11.5 Å². The van der Waals surface area contributed by atoms with Crippen LogP contribution in [0.5, 0.6) is 11.5 Å². The van der Waals surface area contributed by atoms with Gasteiger partial charge in [0.05, 0.1) is 18.9 Å². The average molecular weight is 321 g/mol. The number of hydrogen-bond acceptors (Lipinski definition) is 6. The first-order valence-electron chi connectivity index (χ1n) is 7.13. The number of carbonyl (C=O) groups excluding carboxylic acids is 1. The molecule has 5 nitrogen and oxygen atoms in total. The van der Waals surface area contributed by atoms with Crippen molar-refractivity contribution in [1.29, 1.82) is 0 Å². The van der Waals surface area contributed by atoms with E-state index in [0.717, 1.165) is 5.01 Å². The fourth-order valence-electron chi connectivity index (χ4n) is 1.88. The van der Waals surface area contributed by atoms with Crippen molar-refractivity contribution >= 4 is 17.3 Å². The number of para-hydroxylation sites is 2. The second-order valence-corrected chi connectivity index (χ2v) is 5.49. The molecule has 0 bridgehead atoms. The molecular formula is C16H19NO4S. The van der Waals surface area contributed by atoms with E-state index in [4.69, 9.17) is 14.2 Å². The zero-order chi connectivity index (χ0) is 15.9. The number of aromatic nitrogens is 1. The largest absolute Gasteiger partial charge is 0.490 e. The summed E-state index contributed by atoms with van der Waals surface area (Å²) in [5, 5.41) is 0.729. The Kier molecular flexibility index (Phi) is 5.77. The molecule has 0 atom stereocenters. The summed E-state index contributed by atoms with van der Waals surface area (Å²) in [4.78, 5) is 16.7. The van der Waals surface area contributed by atoms with Gasteiger partial charge in [-0.25, -0.2) is 9.78 Å². The van der Waals surface area contributed by atoms with Gasteiger partial charge in [0.1, 0.15) is 16.5 Å². The van der Waals surface area contributed by atoms with Gasteiger partial charge >= 0.3 is 5.97 Å². The molecule has 0 radical (unpaired) electrons. The molecule has 0 aliphatic carbocycles. The maximum absolute atomic E-state index is 11.8. The van der Waals surface area contributed by atoms with Crippen LogP contribution < -0.4 is 9.47 Å². The van der Waals surface area contributed by atoms with Gasteiger partial charge in [-0.15, -0.1) is 11.3 Å². The van der Waals surface area contributed by atoms with Crippen LogP contribution in [-0.4, -0.2) is 24.2 Å². The lowest BCUT2D eigenvalue weighted by molar-refractivity contribution is 0.0531. The summed E-state index contributed by atoms with van der Waals surface area (Å²) in [6.07, 6.45) is 0. The quantitative estimate of drug-likeness (QED) is 0.729. The third kappa shape index (κ3) is 3.98. The molecular weight excluding hydrogens is 302 g/mol. The molecule has 0 saturated carbocycles. The van der Waals surface area contributed by atoms with E-state index in [1.54, 1.807) is 13.8 Å². The van der Waals surface area contributed by atoms with Crippen molar-refractivity contribution in [2.45, 2.75) is 27.4 Å². The summed E-state index contributed by atoms with van der Waals surface area (Å²) < 4.78 is 16.3. The van der Waals surface area contributed by atoms with Crippen molar-refractivity contribution in [3.63, 3.8) is 0 Å². The van der Waals surface area contributed by atoms with E-state index in [1.165, 1.54) is 11.3 Å². The number of ether oxygens (including phenoxy) is 3. The average Bonchev–Trinajstić information content (AvgIpc) is 2.88. The number of esters is 1. The molecule has 0 aliphatic heterocycles. The smallest absolute Gasteiger partial charge is 0.350 e. The Bertz CT molecular complexity index is 639. The normalized spacial score (nSPS) is 10.3. The number of nitrogens with zero attached hydrogens (tertiary/aromatic N) is 1. The highest BCUT2D eigenvalue weighted by molar-refractivity contribution is 7.13. The van der Waals surface area contributed by atoms with Crippen LogP contribution in [-0.2, 0) is 11.3 Å². The molecule has 0 unspecified atom stereocenters. The van der Waals surface area contributed by atoms with Crippen LogP contribution in [0.3, 0.4) is 0 Å². The van der Waals surface area contributed by atoms with Gasteiger partial charge in [-0.2, -0.15) is 0 Å². The third-order valence-corrected chi connectivity index (χ3v) is 3.91. The first-order valence-corrected chi connectivity index (χ1v) is 7.95. The van der Waals surface area contributed by atoms with Gasteiger partial charge < -0.3 is 14.2 Å². The summed E-state index contributed by atoms with van der Waals surface area (Å²) in [7, 11) is 0. The van der Waals surface area contributed by atoms with Gasteiger partial charge in [0.15, 0.2) is 11.5 Å². The molecule has 1 heterocycles. The van der Waals surface area contributed by atoms with Gasteiger partial charge in [-0.05, 0) is 32.9 Å². The molecule has 0 fully saturated rings. The number of rotatable bonds is 7. The van der Waals surface area contributed by atoms with Gasteiger partial charge in [-0.1, -0.05) is 12.1 Å². The number of benzene rings is 1. The highest BCUT2D eigenvalue weighted by Crippen LogP contribution is 2.28. The van der Waals surface area contributed by atoms with Crippen LogP contribution in [0.15, 0.2) is 24.3 Å². The Morgan fingerprint density at radius 2 is 1.82 bits per heavy atom. The van der Waals surface area contributed by atoms with E-state index in [1.807, 2.05) is 31.2 Å². The molecule has 2 aromatic rings. The topological polar surface area (TPSA) is 57.7 Å². The summed E-state index contributed by atoms with van der Waals surface area (Å²) in [5.41, 5.74) is 0.667. The Morgan fingerprint density at radius 1 is 1.14 bits per heavy atom. The van der Waals surface area contributed by atoms with E-state index in [0.29, 0.717) is 35.3 Å². The highest BCUT2D eigenvalue weighted by atomic mass is 32.1. The number of thiazole rings is 1. The molecule has 0 amide bonds. The van der Waals surface area contributed by atoms with Crippen molar-refractivity contribution in [2.75, 3.05) is 13.2 Å². The van der Waals surface area contributed by atoms with Crippen LogP contribution in [0.25, 0.3) is 0 Å². The summed E-state index contributed by atoms with van der Waals surface area (Å²) >= 11 is 1.29. The predicted octanol–water partition coefficient (Wildman–Crippen LogP) is 3.61. The van der Waals surface area contributed by atoms with Crippen LogP contribution in [0.4, 0.5) is 0 Å². The molecule has 22 heavy (non-hydrogen) atoms. The van der Waals surface area contributed by atoms with E-state index in [9.17, 15) is 4.79 Å². The zero-order valence-corrected chi connectivity index (χ0v) is 13.7. The molecule has 0 N–H and O–H groups in total.